The normalized spacial score (nSPS) is 33.2. The van der Waals surface area contributed by atoms with E-state index in [1.54, 1.807) is 0 Å². The summed E-state index contributed by atoms with van der Waals surface area (Å²) in [5.41, 5.74) is 0. The Morgan fingerprint density at radius 3 is 2.91 bits per heavy atom. The lowest BCUT2D eigenvalue weighted by molar-refractivity contribution is 0.996. The molecule has 0 amide bonds. The van der Waals surface area contributed by atoms with Crippen LogP contribution in [0, 0.1) is 0 Å². The summed E-state index contributed by atoms with van der Waals surface area (Å²) < 4.78 is 0. The minimum atomic E-state index is 0.0423. The van der Waals surface area contributed by atoms with Crippen molar-refractivity contribution in [1.82, 2.24) is 0 Å². The van der Waals surface area contributed by atoms with Crippen LogP contribution in [0.5, 0.6) is 0 Å². The van der Waals surface area contributed by atoms with Crippen LogP contribution in [-0.4, -0.2) is 16.8 Å². The van der Waals surface area contributed by atoms with E-state index >= 15 is 0 Å². The lowest BCUT2D eigenvalue weighted by atomic mass is 10.4. The molecule has 1 aliphatic carbocycles. The van der Waals surface area contributed by atoms with Gasteiger partial charge < -0.3 is 0 Å². The number of hydrogen-bond donors (Lipinski definition) is 0. The molecule has 0 aromatic rings. The molecule has 2 rings (SSSR count). The minimum absolute atomic E-state index is 0.0423. The average molecular weight is 214 g/mol. The molecule has 1 atom stereocenters. The molecule has 1 heterocycles. The summed E-state index contributed by atoms with van der Waals surface area (Å²) in [5.74, 6) is 0.767. The molecule has 1 unspecified atom stereocenters. The molecule has 4 heteroatoms. The van der Waals surface area contributed by atoms with E-state index in [4.69, 9.17) is 0 Å². The van der Waals surface area contributed by atoms with E-state index in [2.05, 4.69) is 31.2 Å². The molecule has 0 aromatic carbocycles. The van der Waals surface area contributed by atoms with E-state index in [1.807, 2.05) is 12.2 Å². The van der Waals surface area contributed by atoms with Crippen LogP contribution in [0.25, 0.3) is 0 Å². The first-order valence-corrected chi connectivity index (χ1v) is 4.57. The van der Waals surface area contributed by atoms with Gasteiger partial charge in [0.25, 0.3) is 0 Å². The van der Waals surface area contributed by atoms with Gasteiger partial charge in [-0.1, -0.05) is 15.9 Å². The third-order valence-corrected chi connectivity index (χ3v) is 2.02. The molecule has 3 nitrogen and oxygen atoms in total. The molecule has 0 spiro atoms. The summed E-state index contributed by atoms with van der Waals surface area (Å²) in [6.07, 6.45) is 6.27. The van der Waals surface area contributed by atoms with Gasteiger partial charge in [-0.15, -0.1) is 5.11 Å². The first kappa shape index (κ1) is 7.16. The highest BCUT2D eigenvalue weighted by molar-refractivity contribution is 9.09. The fraction of sp³-hybridized carbons (Fsp3) is 0.571. The Labute approximate surface area is 73.4 Å². The molecule has 0 saturated heterocycles. The number of nitrogens with zero attached hydrogens (tertiary/aromatic N) is 3. The van der Waals surface area contributed by atoms with Gasteiger partial charge in [0.2, 0.25) is 0 Å². The Bertz CT molecular complexity index is 224. The van der Waals surface area contributed by atoms with Crippen LogP contribution in [0.15, 0.2) is 27.4 Å². The third-order valence-electron chi connectivity index (χ3n) is 1.54. The highest BCUT2D eigenvalue weighted by Crippen LogP contribution is 2.24. The maximum Gasteiger partial charge on any atom is 0.169 e. The molecule has 58 valence electrons. The molecule has 1 fully saturated rings. The van der Waals surface area contributed by atoms with Crippen molar-refractivity contribution < 1.29 is 0 Å². The number of aliphatic imine (C=N–C) groups is 1. The van der Waals surface area contributed by atoms with Crippen LogP contribution >= 0.6 is 15.9 Å². The Morgan fingerprint density at radius 1 is 1.55 bits per heavy atom. The monoisotopic (exact) mass is 213 g/mol. The van der Waals surface area contributed by atoms with Crippen molar-refractivity contribution in [3.8, 4) is 0 Å². The lowest BCUT2D eigenvalue weighted by Gasteiger charge is -2.00. The van der Waals surface area contributed by atoms with Crippen LogP contribution in [0.3, 0.4) is 0 Å². The number of azo groups is 1. The summed E-state index contributed by atoms with van der Waals surface area (Å²) in [4.78, 5) is 4.37. The van der Waals surface area contributed by atoms with E-state index in [0.717, 1.165) is 5.84 Å². The average Bonchev–Trinajstić information content (AvgIpc) is 2.78. The van der Waals surface area contributed by atoms with Crippen molar-refractivity contribution >= 4 is 21.8 Å². The van der Waals surface area contributed by atoms with Crippen LogP contribution in [-0.2, 0) is 0 Å². The zero-order valence-electron chi connectivity index (χ0n) is 5.94. The number of amidine groups is 1. The zero-order chi connectivity index (χ0) is 7.68. The summed E-state index contributed by atoms with van der Waals surface area (Å²) >= 11 is 3.30. The Morgan fingerprint density at radius 2 is 2.36 bits per heavy atom. The number of hydrogen-bond acceptors (Lipinski definition) is 2. The minimum Gasteiger partial charge on any atom is -0.262 e. The molecular formula is C7H8BrN3. The van der Waals surface area contributed by atoms with Crippen LogP contribution in [0.4, 0.5) is 0 Å². The molecular weight excluding hydrogens is 206 g/mol. The molecule has 0 aromatic heterocycles. The number of rotatable bonds is 1. The SMILES string of the molecule is BrC1C=CC(=NC2CC2)N=N1. The standard InChI is InChI=1S/C7H8BrN3/c8-6-3-4-7(11-10-6)9-5-1-2-5/h3-6H,1-2H2. The van der Waals surface area contributed by atoms with Gasteiger partial charge in [-0.2, -0.15) is 5.11 Å². The van der Waals surface area contributed by atoms with Crippen molar-refractivity contribution in [2.45, 2.75) is 23.8 Å². The highest BCUT2D eigenvalue weighted by Gasteiger charge is 2.20. The number of halogens is 1. The van der Waals surface area contributed by atoms with Crippen LogP contribution < -0.4 is 0 Å². The van der Waals surface area contributed by atoms with E-state index in [9.17, 15) is 0 Å². The predicted octanol–water partition coefficient (Wildman–Crippen LogP) is 2.29. The molecule has 2 aliphatic rings. The van der Waals surface area contributed by atoms with E-state index in [0.29, 0.717) is 6.04 Å². The van der Waals surface area contributed by atoms with E-state index < -0.39 is 0 Å². The first-order chi connectivity index (χ1) is 5.34. The maximum atomic E-state index is 4.33. The molecule has 0 N–H and O–H groups in total. The fourth-order valence-corrected chi connectivity index (χ4v) is 1.06. The van der Waals surface area contributed by atoms with Gasteiger partial charge in [0.1, 0.15) is 4.95 Å². The van der Waals surface area contributed by atoms with Gasteiger partial charge in [-0.25, -0.2) is 0 Å². The van der Waals surface area contributed by atoms with Crippen molar-refractivity contribution in [1.29, 1.82) is 0 Å². The Kier molecular flexibility index (Phi) is 1.85. The van der Waals surface area contributed by atoms with E-state index in [1.165, 1.54) is 12.8 Å². The summed E-state index contributed by atoms with van der Waals surface area (Å²) in [6.45, 7) is 0. The third kappa shape index (κ3) is 1.96. The lowest BCUT2D eigenvalue weighted by Crippen LogP contribution is -1.99. The molecule has 11 heavy (non-hydrogen) atoms. The second-order valence-corrected chi connectivity index (χ2v) is 3.60. The van der Waals surface area contributed by atoms with Crippen LogP contribution in [0.2, 0.25) is 0 Å². The van der Waals surface area contributed by atoms with Gasteiger partial charge in [0.05, 0.1) is 6.04 Å². The van der Waals surface area contributed by atoms with Crippen molar-refractivity contribution in [3.63, 3.8) is 0 Å². The highest BCUT2D eigenvalue weighted by atomic mass is 79.9. The fourth-order valence-electron chi connectivity index (χ4n) is 0.811. The molecule has 0 radical (unpaired) electrons. The predicted molar refractivity (Wildman–Crippen MR) is 47.2 cm³/mol. The first-order valence-electron chi connectivity index (χ1n) is 3.65. The molecule has 1 saturated carbocycles. The Hall–Kier alpha value is -0.510. The Balaban J connectivity index is 2.05. The van der Waals surface area contributed by atoms with E-state index in [-0.39, 0.29) is 4.95 Å². The maximum absolute atomic E-state index is 4.33. The summed E-state index contributed by atoms with van der Waals surface area (Å²) in [5, 5.41) is 7.85. The largest absolute Gasteiger partial charge is 0.262 e. The van der Waals surface area contributed by atoms with Crippen LogP contribution in [0.1, 0.15) is 12.8 Å². The number of alkyl halides is 1. The van der Waals surface area contributed by atoms with Crippen molar-refractivity contribution in [2.24, 2.45) is 15.2 Å². The topological polar surface area (TPSA) is 37.1 Å². The second-order valence-electron chi connectivity index (χ2n) is 2.67. The summed E-state index contributed by atoms with van der Waals surface area (Å²) in [7, 11) is 0. The quantitative estimate of drug-likeness (QED) is 0.474. The summed E-state index contributed by atoms with van der Waals surface area (Å²) in [6, 6.07) is 0.528. The smallest absolute Gasteiger partial charge is 0.169 e. The van der Waals surface area contributed by atoms with Gasteiger partial charge in [-0.05, 0) is 25.0 Å². The van der Waals surface area contributed by atoms with Crippen molar-refractivity contribution in [3.05, 3.63) is 12.2 Å². The molecule has 1 aliphatic heterocycles. The van der Waals surface area contributed by atoms with Gasteiger partial charge in [0.15, 0.2) is 5.84 Å². The molecule has 0 bridgehead atoms. The van der Waals surface area contributed by atoms with Gasteiger partial charge in [0, 0.05) is 0 Å². The second kappa shape index (κ2) is 2.85. The zero-order valence-corrected chi connectivity index (χ0v) is 7.53. The van der Waals surface area contributed by atoms with Crippen molar-refractivity contribution in [2.75, 3.05) is 0 Å². The van der Waals surface area contributed by atoms with Gasteiger partial charge >= 0.3 is 0 Å². The van der Waals surface area contributed by atoms with Gasteiger partial charge in [-0.3, -0.25) is 4.99 Å².